The molecular formula is C12H13BrO3. The van der Waals surface area contributed by atoms with Gasteiger partial charge >= 0.3 is 5.97 Å². The number of carboxylic acids is 1. The minimum absolute atomic E-state index is 0.268. The summed E-state index contributed by atoms with van der Waals surface area (Å²) in [7, 11) is 0. The Balaban J connectivity index is 1.96. The van der Waals surface area contributed by atoms with E-state index in [-0.39, 0.29) is 6.61 Å². The molecule has 1 aromatic carbocycles. The van der Waals surface area contributed by atoms with Crippen molar-refractivity contribution in [3.63, 3.8) is 0 Å². The molecule has 1 aliphatic rings. The fraction of sp³-hybridized carbons (Fsp3) is 0.417. The molecule has 0 unspecified atom stereocenters. The number of aliphatic carboxylic acids is 1. The lowest BCUT2D eigenvalue weighted by atomic mass is 9.69. The summed E-state index contributed by atoms with van der Waals surface area (Å²) < 4.78 is 6.51. The second-order valence-electron chi connectivity index (χ2n) is 4.18. The molecule has 0 spiro atoms. The van der Waals surface area contributed by atoms with E-state index in [1.807, 2.05) is 24.3 Å². The van der Waals surface area contributed by atoms with Crippen molar-refractivity contribution in [3.05, 3.63) is 28.7 Å². The molecule has 86 valence electrons. The summed E-state index contributed by atoms with van der Waals surface area (Å²) in [6.07, 6.45) is 2.42. The average molecular weight is 285 g/mol. The molecular weight excluding hydrogens is 272 g/mol. The second kappa shape index (κ2) is 4.45. The van der Waals surface area contributed by atoms with E-state index >= 15 is 0 Å². The van der Waals surface area contributed by atoms with E-state index in [0.29, 0.717) is 0 Å². The van der Waals surface area contributed by atoms with Gasteiger partial charge in [0.2, 0.25) is 0 Å². The maximum absolute atomic E-state index is 11.1. The van der Waals surface area contributed by atoms with Crippen LogP contribution in [0.5, 0.6) is 5.75 Å². The quantitative estimate of drug-likeness (QED) is 0.924. The van der Waals surface area contributed by atoms with Gasteiger partial charge in [0, 0.05) is 4.47 Å². The third kappa shape index (κ3) is 2.21. The van der Waals surface area contributed by atoms with Crippen molar-refractivity contribution >= 4 is 21.9 Å². The van der Waals surface area contributed by atoms with Crippen molar-refractivity contribution in [1.82, 2.24) is 0 Å². The zero-order valence-electron chi connectivity index (χ0n) is 8.78. The maximum atomic E-state index is 11.1. The summed E-state index contributed by atoms with van der Waals surface area (Å²) in [6.45, 7) is 0.268. The summed E-state index contributed by atoms with van der Waals surface area (Å²) in [5.41, 5.74) is -0.646. The number of halogens is 1. The maximum Gasteiger partial charge on any atom is 0.313 e. The van der Waals surface area contributed by atoms with Crippen LogP contribution in [0.3, 0.4) is 0 Å². The fourth-order valence-corrected chi connectivity index (χ4v) is 2.04. The lowest BCUT2D eigenvalue weighted by molar-refractivity contribution is -0.157. The molecule has 0 atom stereocenters. The third-order valence-corrected chi connectivity index (χ3v) is 3.62. The summed E-state index contributed by atoms with van der Waals surface area (Å²) >= 11 is 3.33. The van der Waals surface area contributed by atoms with Crippen molar-refractivity contribution in [2.75, 3.05) is 6.61 Å². The Bertz CT molecular complexity index is 382. The molecule has 0 heterocycles. The van der Waals surface area contributed by atoms with Gasteiger partial charge in [-0.05, 0) is 37.1 Å². The second-order valence-corrected chi connectivity index (χ2v) is 5.10. The van der Waals surface area contributed by atoms with Crippen LogP contribution in [0, 0.1) is 5.41 Å². The average Bonchev–Trinajstić information content (AvgIpc) is 2.18. The molecule has 1 aromatic rings. The van der Waals surface area contributed by atoms with Gasteiger partial charge < -0.3 is 9.84 Å². The van der Waals surface area contributed by atoms with Gasteiger partial charge in [-0.15, -0.1) is 0 Å². The molecule has 16 heavy (non-hydrogen) atoms. The first kappa shape index (κ1) is 11.5. The molecule has 0 radical (unpaired) electrons. The lowest BCUT2D eigenvalue weighted by Gasteiger charge is -2.37. The first-order chi connectivity index (χ1) is 7.62. The molecule has 0 bridgehead atoms. The minimum atomic E-state index is -0.740. The number of hydrogen-bond acceptors (Lipinski definition) is 2. The first-order valence-electron chi connectivity index (χ1n) is 5.24. The molecule has 4 heteroatoms. The van der Waals surface area contributed by atoms with E-state index in [0.717, 1.165) is 29.5 Å². The van der Waals surface area contributed by atoms with Gasteiger partial charge in [-0.3, -0.25) is 4.79 Å². The highest BCUT2D eigenvalue weighted by Crippen LogP contribution is 2.41. The zero-order valence-corrected chi connectivity index (χ0v) is 10.4. The predicted octanol–water partition coefficient (Wildman–Crippen LogP) is 3.08. The Hall–Kier alpha value is -1.03. The van der Waals surface area contributed by atoms with Gasteiger partial charge in [0.05, 0.1) is 0 Å². The highest BCUT2D eigenvalue weighted by Gasteiger charge is 2.45. The predicted molar refractivity (Wildman–Crippen MR) is 63.6 cm³/mol. The van der Waals surface area contributed by atoms with Crippen LogP contribution in [-0.4, -0.2) is 17.7 Å². The summed E-state index contributed by atoms with van der Waals surface area (Å²) in [5.74, 6) is -0.0217. The highest BCUT2D eigenvalue weighted by molar-refractivity contribution is 9.10. The van der Waals surface area contributed by atoms with Gasteiger partial charge in [-0.1, -0.05) is 22.4 Å². The Labute approximate surface area is 103 Å². The lowest BCUT2D eigenvalue weighted by Crippen LogP contribution is -2.43. The molecule has 1 fully saturated rings. The largest absolute Gasteiger partial charge is 0.492 e. The van der Waals surface area contributed by atoms with Crippen molar-refractivity contribution < 1.29 is 14.6 Å². The smallest absolute Gasteiger partial charge is 0.313 e. The molecule has 3 nitrogen and oxygen atoms in total. The van der Waals surface area contributed by atoms with Crippen LogP contribution in [-0.2, 0) is 4.79 Å². The summed E-state index contributed by atoms with van der Waals surface area (Å²) in [4.78, 5) is 11.1. The van der Waals surface area contributed by atoms with Crippen molar-refractivity contribution in [2.45, 2.75) is 19.3 Å². The SMILES string of the molecule is O=C(O)C1(COc2ccc(Br)cc2)CCC1. The Morgan fingerprint density at radius 2 is 2.00 bits per heavy atom. The number of benzene rings is 1. The number of ether oxygens (including phenoxy) is 1. The topological polar surface area (TPSA) is 46.5 Å². The van der Waals surface area contributed by atoms with Crippen molar-refractivity contribution in [3.8, 4) is 5.75 Å². The van der Waals surface area contributed by atoms with Crippen molar-refractivity contribution in [1.29, 1.82) is 0 Å². The Kier molecular flexibility index (Phi) is 3.19. The van der Waals surface area contributed by atoms with Gasteiger partial charge in [-0.2, -0.15) is 0 Å². The summed E-state index contributed by atoms with van der Waals surface area (Å²) in [6, 6.07) is 7.42. The number of carboxylic acid groups (broad SMARTS) is 1. The number of rotatable bonds is 4. The van der Waals surface area contributed by atoms with Crippen LogP contribution in [0.2, 0.25) is 0 Å². The molecule has 1 N–H and O–H groups in total. The molecule has 0 aromatic heterocycles. The van der Waals surface area contributed by atoms with E-state index < -0.39 is 11.4 Å². The van der Waals surface area contributed by atoms with Gasteiger partial charge in [-0.25, -0.2) is 0 Å². The minimum Gasteiger partial charge on any atom is -0.492 e. The van der Waals surface area contributed by atoms with Gasteiger partial charge in [0.1, 0.15) is 17.8 Å². The molecule has 1 saturated carbocycles. The summed E-state index contributed by atoms with van der Waals surface area (Å²) in [5, 5.41) is 9.12. The zero-order chi connectivity index (χ0) is 11.6. The number of carbonyl (C=O) groups is 1. The monoisotopic (exact) mass is 284 g/mol. The first-order valence-corrected chi connectivity index (χ1v) is 6.03. The van der Waals surface area contributed by atoms with Crippen LogP contribution >= 0.6 is 15.9 Å². The van der Waals surface area contributed by atoms with Crippen LogP contribution in [0.25, 0.3) is 0 Å². The van der Waals surface area contributed by atoms with E-state index in [2.05, 4.69) is 15.9 Å². The highest BCUT2D eigenvalue weighted by atomic mass is 79.9. The van der Waals surface area contributed by atoms with Gasteiger partial charge in [0.25, 0.3) is 0 Å². The van der Waals surface area contributed by atoms with Crippen LogP contribution in [0.1, 0.15) is 19.3 Å². The normalized spacial score (nSPS) is 17.6. The van der Waals surface area contributed by atoms with Gasteiger partial charge in [0.15, 0.2) is 0 Å². The van der Waals surface area contributed by atoms with Crippen LogP contribution in [0.4, 0.5) is 0 Å². The molecule has 0 saturated heterocycles. The third-order valence-electron chi connectivity index (χ3n) is 3.09. The Morgan fingerprint density at radius 3 is 2.44 bits per heavy atom. The van der Waals surface area contributed by atoms with Crippen LogP contribution in [0.15, 0.2) is 28.7 Å². The number of hydrogen-bond donors (Lipinski definition) is 1. The molecule has 0 aliphatic heterocycles. The van der Waals surface area contributed by atoms with E-state index in [1.165, 1.54) is 0 Å². The Morgan fingerprint density at radius 1 is 1.38 bits per heavy atom. The molecule has 2 rings (SSSR count). The van der Waals surface area contributed by atoms with Crippen molar-refractivity contribution in [2.24, 2.45) is 5.41 Å². The van der Waals surface area contributed by atoms with E-state index in [4.69, 9.17) is 9.84 Å². The van der Waals surface area contributed by atoms with E-state index in [9.17, 15) is 4.79 Å². The van der Waals surface area contributed by atoms with E-state index in [1.54, 1.807) is 0 Å². The fourth-order valence-electron chi connectivity index (χ4n) is 1.78. The molecule has 1 aliphatic carbocycles. The van der Waals surface area contributed by atoms with Crippen LogP contribution < -0.4 is 4.74 Å². The standard InChI is InChI=1S/C12H13BrO3/c13-9-2-4-10(5-3-9)16-8-12(11(14)15)6-1-7-12/h2-5H,1,6-8H2,(H,14,15). The molecule has 0 amide bonds.